The Morgan fingerprint density at radius 3 is 1.94 bits per heavy atom. The molecule has 104 valence electrons. The van der Waals surface area contributed by atoms with E-state index < -0.39 is 0 Å². The highest BCUT2D eigenvalue weighted by Gasteiger charge is 2.05. The predicted molar refractivity (Wildman–Crippen MR) is 79.5 cm³/mol. The molecule has 0 fully saturated rings. The first-order valence-electron chi connectivity index (χ1n) is 7.79. The minimum absolute atomic E-state index is 0.706. The Balaban J connectivity index is 3.34. The van der Waals surface area contributed by atoms with Crippen LogP contribution in [-0.4, -0.2) is 12.6 Å². The molecule has 0 bridgehead atoms. The number of nitrogens with one attached hydrogen (secondary N) is 1. The van der Waals surface area contributed by atoms with Crippen LogP contribution in [-0.2, 0) is 0 Å². The summed E-state index contributed by atoms with van der Waals surface area (Å²) in [6.45, 7) is 12.8. The lowest BCUT2D eigenvalue weighted by atomic mass is 9.95. The van der Waals surface area contributed by atoms with Gasteiger partial charge in [0.2, 0.25) is 0 Å². The van der Waals surface area contributed by atoms with Gasteiger partial charge in [-0.1, -0.05) is 59.8 Å². The lowest BCUT2D eigenvalue weighted by Gasteiger charge is -2.15. The Hall–Kier alpha value is -0.0400. The molecule has 0 saturated carbocycles. The topological polar surface area (TPSA) is 12.0 Å². The van der Waals surface area contributed by atoms with Gasteiger partial charge in [-0.15, -0.1) is 0 Å². The molecule has 2 atom stereocenters. The van der Waals surface area contributed by atoms with Gasteiger partial charge in [-0.3, -0.25) is 0 Å². The zero-order valence-corrected chi connectivity index (χ0v) is 12.9. The highest BCUT2D eigenvalue weighted by atomic mass is 14.9. The molecule has 0 aliphatic rings. The average Bonchev–Trinajstić information content (AvgIpc) is 2.25. The van der Waals surface area contributed by atoms with Crippen molar-refractivity contribution in [3.8, 4) is 0 Å². The number of rotatable bonds is 11. The van der Waals surface area contributed by atoms with E-state index in [1.54, 1.807) is 0 Å². The van der Waals surface area contributed by atoms with Crippen LogP contribution in [0.5, 0.6) is 0 Å². The van der Waals surface area contributed by atoms with Gasteiger partial charge in [0, 0.05) is 6.04 Å². The Morgan fingerprint density at radius 2 is 1.41 bits per heavy atom. The normalized spacial score (nSPS) is 15.2. The smallest absolute Gasteiger partial charge is 0.00387 e. The minimum Gasteiger partial charge on any atom is -0.314 e. The summed E-state index contributed by atoms with van der Waals surface area (Å²) in [5.41, 5.74) is 0. The van der Waals surface area contributed by atoms with Crippen molar-refractivity contribution in [3.63, 3.8) is 0 Å². The molecule has 0 saturated heterocycles. The van der Waals surface area contributed by atoms with E-state index in [-0.39, 0.29) is 0 Å². The fraction of sp³-hybridized carbons (Fsp3) is 1.00. The largest absolute Gasteiger partial charge is 0.314 e. The third-order valence-electron chi connectivity index (χ3n) is 3.56. The molecule has 1 N–H and O–H groups in total. The molecule has 0 heterocycles. The summed E-state index contributed by atoms with van der Waals surface area (Å²) in [6, 6.07) is 0.706. The zero-order valence-electron chi connectivity index (χ0n) is 12.9. The van der Waals surface area contributed by atoms with Gasteiger partial charge in [-0.25, -0.2) is 0 Å². The molecule has 0 spiro atoms. The second-order valence-corrected chi connectivity index (χ2v) is 6.22. The standard InChI is InChI=1S/C16H35N/c1-6-13-17-16(5)12-8-11-15(4)10-7-9-14(2)3/h14-17H,6-13H2,1-5H3. The Kier molecular flexibility index (Phi) is 11.0. The Labute approximate surface area is 110 Å². The number of hydrogen-bond donors (Lipinski definition) is 1. The van der Waals surface area contributed by atoms with Crippen molar-refractivity contribution in [3.05, 3.63) is 0 Å². The second kappa shape index (κ2) is 11.1. The molecule has 0 radical (unpaired) electrons. The van der Waals surface area contributed by atoms with Crippen molar-refractivity contribution in [2.24, 2.45) is 11.8 Å². The van der Waals surface area contributed by atoms with E-state index in [0.717, 1.165) is 11.8 Å². The van der Waals surface area contributed by atoms with E-state index in [2.05, 4.69) is 39.9 Å². The van der Waals surface area contributed by atoms with Crippen molar-refractivity contribution < 1.29 is 0 Å². The lowest BCUT2D eigenvalue weighted by Crippen LogP contribution is -2.26. The van der Waals surface area contributed by atoms with E-state index in [1.807, 2.05) is 0 Å². The minimum atomic E-state index is 0.706. The first kappa shape index (κ1) is 17.0. The molecular formula is C16H35N. The molecule has 0 rings (SSSR count). The van der Waals surface area contributed by atoms with Crippen LogP contribution in [0.4, 0.5) is 0 Å². The Bertz CT molecular complexity index is 154. The quantitative estimate of drug-likeness (QED) is 0.536. The van der Waals surface area contributed by atoms with E-state index in [4.69, 9.17) is 0 Å². The first-order valence-corrected chi connectivity index (χ1v) is 7.79. The summed E-state index contributed by atoms with van der Waals surface area (Å²) < 4.78 is 0. The molecule has 2 unspecified atom stereocenters. The molecule has 1 heteroatoms. The van der Waals surface area contributed by atoms with Gasteiger partial charge in [0.05, 0.1) is 0 Å². The van der Waals surface area contributed by atoms with Gasteiger partial charge in [0.15, 0.2) is 0 Å². The maximum Gasteiger partial charge on any atom is 0.00387 e. The monoisotopic (exact) mass is 241 g/mol. The van der Waals surface area contributed by atoms with Crippen LogP contribution in [0, 0.1) is 11.8 Å². The van der Waals surface area contributed by atoms with E-state index in [1.165, 1.54) is 51.5 Å². The third kappa shape index (κ3) is 12.2. The van der Waals surface area contributed by atoms with Crippen molar-refractivity contribution >= 4 is 0 Å². The van der Waals surface area contributed by atoms with Crippen molar-refractivity contribution in [2.75, 3.05) is 6.54 Å². The highest BCUT2D eigenvalue weighted by molar-refractivity contribution is 4.62. The summed E-state index contributed by atoms with van der Waals surface area (Å²) in [5, 5.41) is 3.56. The molecule has 1 nitrogen and oxygen atoms in total. The van der Waals surface area contributed by atoms with Crippen molar-refractivity contribution in [1.82, 2.24) is 5.32 Å². The van der Waals surface area contributed by atoms with Crippen LogP contribution in [0.3, 0.4) is 0 Å². The predicted octanol–water partition coefficient (Wildman–Crippen LogP) is 5.01. The van der Waals surface area contributed by atoms with E-state index in [9.17, 15) is 0 Å². The summed E-state index contributed by atoms with van der Waals surface area (Å²) in [7, 11) is 0. The van der Waals surface area contributed by atoms with Crippen LogP contribution >= 0.6 is 0 Å². The zero-order chi connectivity index (χ0) is 13.1. The van der Waals surface area contributed by atoms with Gasteiger partial charge < -0.3 is 5.32 Å². The van der Waals surface area contributed by atoms with Crippen molar-refractivity contribution in [1.29, 1.82) is 0 Å². The highest BCUT2D eigenvalue weighted by Crippen LogP contribution is 2.17. The van der Waals surface area contributed by atoms with Crippen molar-refractivity contribution in [2.45, 2.75) is 85.6 Å². The molecule has 0 amide bonds. The molecule has 0 aromatic rings. The van der Waals surface area contributed by atoms with Crippen LogP contribution in [0.15, 0.2) is 0 Å². The van der Waals surface area contributed by atoms with E-state index in [0.29, 0.717) is 6.04 Å². The lowest BCUT2D eigenvalue weighted by molar-refractivity contribution is 0.403. The molecule has 0 aromatic heterocycles. The Morgan fingerprint density at radius 1 is 0.824 bits per heavy atom. The summed E-state index contributed by atoms with van der Waals surface area (Å²) in [6.07, 6.45) is 9.64. The summed E-state index contributed by atoms with van der Waals surface area (Å²) in [4.78, 5) is 0. The first-order chi connectivity index (χ1) is 8.06. The van der Waals surface area contributed by atoms with Crippen LogP contribution < -0.4 is 5.32 Å². The van der Waals surface area contributed by atoms with Gasteiger partial charge in [-0.05, 0) is 38.1 Å². The molecular weight excluding hydrogens is 206 g/mol. The summed E-state index contributed by atoms with van der Waals surface area (Å²) in [5.74, 6) is 1.80. The van der Waals surface area contributed by atoms with Crippen LogP contribution in [0.2, 0.25) is 0 Å². The SMILES string of the molecule is CCCNC(C)CCCC(C)CCCC(C)C. The fourth-order valence-electron chi connectivity index (χ4n) is 2.28. The molecule has 0 aliphatic carbocycles. The van der Waals surface area contributed by atoms with Gasteiger partial charge in [0.1, 0.15) is 0 Å². The maximum atomic E-state index is 3.56. The molecule has 0 aliphatic heterocycles. The maximum absolute atomic E-state index is 3.56. The summed E-state index contributed by atoms with van der Waals surface area (Å²) >= 11 is 0. The number of hydrogen-bond acceptors (Lipinski definition) is 1. The van der Waals surface area contributed by atoms with Gasteiger partial charge in [0.25, 0.3) is 0 Å². The fourth-order valence-corrected chi connectivity index (χ4v) is 2.28. The van der Waals surface area contributed by atoms with E-state index >= 15 is 0 Å². The van der Waals surface area contributed by atoms with Gasteiger partial charge >= 0.3 is 0 Å². The van der Waals surface area contributed by atoms with Gasteiger partial charge in [-0.2, -0.15) is 0 Å². The second-order valence-electron chi connectivity index (χ2n) is 6.22. The third-order valence-corrected chi connectivity index (χ3v) is 3.56. The molecule has 17 heavy (non-hydrogen) atoms. The van der Waals surface area contributed by atoms with Crippen LogP contribution in [0.25, 0.3) is 0 Å². The van der Waals surface area contributed by atoms with Crippen LogP contribution in [0.1, 0.15) is 79.6 Å². The average molecular weight is 241 g/mol. The molecule has 0 aromatic carbocycles.